The zero-order valence-electron chi connectivity index (χ0n) is 16.5. The Labute approximate surface area is 171 Å². The van der Waals surface area contributed by atoms with Crippen LogP contribution < -0.4 is 10.6 Å². The first-order valence-corrected chi connectivity index (χ1v) is 10.9. The molecule has 0 saturated carbocycles. The van der Waals surface area contributed by atoms with Gasteiger partial charge in [-0.25, -0.2) is 9.98 Å². The number of aromatic nitrogens is 1. The molecular weight excluding hydrogens is 372 g/mol. The van der Waals surface area contributed by atoms with Gasteiger partial charge in [0.15, 0.2) is 5.96 Å². The molecule has 0 bridgehead atoms. The van der Waals surface area contributed by atoms with E-state index < -0.39 is 0 Å². The van der Waals surface area contributed by atoms with Crippen molar-refractivity contribution in [2.45, 2.75) is 38.8 Å². The number of benzene rings is 1. The molecule has 3 rings (SSSR count). The monoisotopic (exact) mass is 402 g/mol. The van der Waals surface area contributed by atoms with Crippen LogP contribution in [0, 0.1) is 0 Å². The first kappa shape index (κ1) is 20.8. The molecule has 1 fully saturated rings. The van der Waals surface area contributed by atoms with Crippen molar-refractivity contribution in [3.63, 3.8) is 0 Å². The van der Waals surface area contributed by atoms with Gasteiger partial charge < -0.3 is 20.1 Å². The molecule has 1 aliphatic rings. The van der Waals surface area contributed by atoms with Crippen LogP contribution in [0.3, 0.4) is 0 Å². The van der Waals surface area contributed by atoms with Gasteiger partial charge in [-0.15, -0.1) is 11.3 Å². The summed E-state index contributed by atoms with van der Waals surface area (Å²) in [7, 11) is 0. The Hall–Kier alpha value is -1.96. The van der Waals surface area contributed by atoms with Crippen LogP contribution in [0.1, 0.15) is 31.2 Å². The van der Waals surface area contributed by atoms with Crippen LogP contribution in [0.15, 0.2) is 40.7 Å². The minimum Gasteiger partial charge on any atom is -0.379 e. The van der Waals surface area contributed by atoms with Crippen molar-refractivity contribution in [2.24, 2.45) is 4.99 Å². The maximum atomic E-state index is 5.70. The van der Waals surface area contributed by atoms with Gasteiger partial charge >= 0.3 is 0 Å². The second-order valence-corrected chi connectivity index (χ2v) is 7.62. The molecule has 2 heterocycles. The molecule has 2 aromatic rings. The standard InChI is InChI=1S/C21H30N4O2S/c1-2-22-21(23-11-7-12-26-15-18-10-6-13-27-18)24-14-20-25-19(16-28-20)17-8-4-3-5-9-17/h3-5,8-9,16,18H,2,6-7,10-15H2,1H3,(H2,22,23,24). The third-order valence-electron chi connectivity index (χ3n) is 4.42. The van der Waals surface area contributed by atoms with Crippen LogP contribution in [0.5, 0.6) is 0 Å². The number of aliphatic imine (C=N–C) groups is 1. The van der Waals surface area contributed by atoms with E-state index in [1.165, 1.54) is 0 Å². The van der Waals surface area contributed by atoms with Crippen molar-refractivity contribution >= 4 is 17.3 Å². The van der Waals surface area contributed by atoms with Gasteiger partial charge in [0.05, 0.1) is 24.9 Å². The van der Waals surface area contributed by atoms with E-state index in [1.807, 2.05) is 18.2 Å². The number of hydrogen-bond acceptors (Lipinski definition) is 5. The average molecular weight is 403 g/mol. The topological polar surface area (TPSA) is 67.8 Å². The minimum absolute atomic E-state index is 0.297. The van der Waals surface area contributed by atoms with Crippen molar-refractivity contribution in [3.05, 3.63) is 40.7 Å². The van der Waals surface area contributed by atoms with E-state index in [2.05, 4.69) is 40.1 Å². The molecule has 1 saturated heterocycles. The van der Waals surface area contributed by atoms with Gasteiger partial charge in [0.1, 0.15) is 5.01 Å². The molecule has 6 nitrogen and oxygen atoms in total. The Bertz CT molecular complexity index is 714. The Morgan fingerprint density at radius 1 is 1.32 bits per heavy atom. The molecule has 0 aliphatic carbocycles. The second kappa shape index (κ2) is 11.8. The van der Waals surface area contributed by atoms with E-state index in [0.29, 0.717) is 19.3 Å². The van der Waals surface area contributed by atoms with Gasteiger partial charge in [0, 0.05) is 37.2 Å². The van der Waals surface area contributed by atoms with Gasteiger partial charge in [-0.1, -0.05) is 30.3 Å². The van der Waals surface area contributed by atoms with Crippen LogP contribution in [0.4, 0.5) is 0 Å². The van der Waals surface area contributed by atoms with Gasteiger partial charge in [0.2, 0.25) is 0 Å². The summed E-state index contributed by atoms with van der Waals surface area (Å²) in [5.74, 6) is 0.818. The number of rotatable bonds is 10. The van der Waals surface area contributed by atoms with Gasteiger partial charge in [-0.2, -0.15) is 0 Å². The zero-order valence-corrected chi connectivity index (χ0v) is 17.3. The molecule has 1 atom stereocenters. The SMILES string of the molecule is CCNC(=NCc1nc(-c2ccccc2)cs1)NCCCOCC1CCCO1. The number of hydrogen-bond donors (Lipinski definition) is 2. The highest BCUT2D eigenvalue weighted by atomic mass is 32.1. The maximum Gasteiger partial charge on any atom is 0.191 e. The summed E-state index contributed by atoms with van der Waals surface area (Å²) in [6.45, 7) is 6.62. The quantitative estimate of drug-likeness (QED) is 0.362. The molecule has 0 spiro atoms. The molecule has 1 aromatic heterocycles. The lowest BCUT2D eigenvalue weighted by atomic mass is 10.2. The highest BCUT2D eigenvalue weighted by Gasteiger charge is 2.14. The normalized spacial score (nSPS) is 17.0. The highest BCUT2D eigenvalue weighted by molar-refractivity contribution is 7.09. The van der Waals surface area contributed by atoms with Crippen LogP contribution in [0.2, 0.25) is 0 Å². The second-order valence-electron chi connectivity index (χ2n) is 6.68. The van der Waals surface area contributed by atoms with E-state index >= 15 is 0 Å². The Kier molecular flexibility index (Phi) is 8.74. The summed E-state index contributed by atoms with van der Waals surface area (Å²) in [6.07, 6.45) is 3.51. The molecule has 0 radical (unpaired) electrons. The molecule has 1 aromatic carbocycles. The first-order chi connectivity index (χ1) is 13.8. The molecule has 1 unspecified atom stereocenters. The molecule has 1 aliphatic heterocycles. The lowest BCUT2D eigenvalue weighted by Crippen LogP contribution is -2.38. The fourth-order valence-electron chi connectivity index (χ4n) is 2.99. The van der Waals surface area contributed by atoms with E-state index in [0.717, 1.165) is 67.8 Å². The van der Waals surface area contributed by atoms with Crippen LogP contribution >= 0.6 is 11.3 Å². The lowest BCUT2D eigenvalue weighted by molar-refractivity contribution is 0.0168. The molecule has 28 heavy (non-hydrogen) atoms. The van der Waals surface area contributed by atoms with E-state index in [4.69, 9.17) is 14.5 Å². The summed E-state index contributed by atoms with van der Waals surface area (Å²) in [5, 5.41) is 9.74. The maximum absolute atomic E-state index is 5.70. The largest absolute Gasteiger partial charge is 0.379 e. The molecule has 2 N–H and O–H groups in total. The summed E-state index contributed by atoms with van der Waals surface area (Å²) in [5.41, 5.74) is 2.15. The fourth-order valence-corrected chi connectivity index (χ4v) is 3.71. The van der Waals surface area contributed by atoms with Crippen LogP contribution in [-0.4, -0.2) is 50.0 Å². The first-order valence-electron chi connectivity index (χ1n) is 10.1. The molecular formula is C21H30N4O2S. The van der Waals surface area contributed by atoms with Gasteiger partial charge in [-0.05, 0) is 26.2 Å². The summed E-state index contributed by atoms with van der Waals surface area (Å²) in [6, 6.07) is 10.2. The summed E-state index contributed by atoms with van der Waals surface area (Å²) in [4.78, 5) is 9.35. The summed E-state index contributed by atoms with van der Waals surface area (Å²) >= 11 is 1.65. The third kappa shape index (κ3) is 6.89. The predicted molar refractivity (Wildman–Crippen MR) is 115 cm³/mol. The Morgan fingerprint density at radius 3 is 3.00 bits per heavy atom. The van der Waals surface area contributed by atoms with Gasteiger partial charge in [-0.3, -0.25) is 0 Å². The number of guanidine groups is 1. The van der Waals surface area contributed by atoms with E-state index in [1.54, 1.807) is 11.3 Å². The average Bonchev–Trinajstić information content (AvgIpc) is 3.41. The van der Waals surface area contributed by atoms with Crippen LogP contribution in [0.25, 0.3) is 11.3 Å². The van der Waals surface area contributed by atoms with Crippen LogP contribution in [-0.2, 0) is 16.0 Å². The minimum atomic E-state index is 0.297. The van der Waals surface area contributed by atoms with Crippen molar-refractivity contribution < 1.29 is 9.47 Å². The van der Waals surface area contributed by atoms with E-state index in [9.17, 15) is 0 Å². The Balaban J connectivity index is 1.39. The molecule has 7 heteroatoms. The number of nitrogens with zero attached hydrogens (tertiary/aromatic N) is 2. The molecule has 0 amide bonds. The van der Waals surface area contributed by atoms with Crippen molar-refractivity contribution in [1.82, 2.24) is 15.6 Å². The number of ether oxygens (including phenoxy) is 2. The fraction of sp³-hybridized carbons (Fsp3) is 0.524. The van der Waals surface area contributed by atoms with E-state index in [-0.39, 0.29) is 0 Å². The summed E-state index contributed by atoms with van der Waals surface area (Å²) < 4.78 is 11.3. The van der Waals surface area contributed by atoms with Crippen molar-refractivity contribution in [1.29, 1.82) is 0 Å². The Morgan fingerprint density at radius 2 is 2.21 bits per heavy atom. The third-order valence-corrected chi connectivity index (χ3v) is 5.26. The smallest absolute Gasteiger partial charge is 0.191 e. The number of nitrogens with one attached hydrogen (secondary N) is 2. The van der Waals surface area contributed by atoms with Crippen molar-refractivity contribution in [2.75, 3.05) is 32.9 Å². The highest BCUT2D eigenvalue weighted by Crippen LogP contribution is 2.21. The van der Waals surface area contributed by atoms with Gasteiger partial charge in [0.25, 0.3) is 0 Å². The van der Waals surface area contributed by atoms with Crippen molar-refractivity contribution in [3.8, 4) is 11.3 Å². The lowest BCUT2D eigenvalue weighted by Gasteiger charge is -2.12. The molecule has 152 valence electrons. The zero-order chi connectivity index (χ0) is 19.4. The number of thiazole rings is 1. The predicted octanol–water partition coefficient (Wildman–Crippen LogP) is 3.45.